The highest BCUT2D eigenvalue weighted by molar-refractivity contribution is 5.47. The summed E-state index contributed by atoms with van der Waals surface area (Å²) in [6.07, 6.45) is 1.05. The largest absolute Gasteiger partial charge is 0.396 e. The van der Waals surface area contributed by atoms with E-state index in [1.165, 1.54) is 0 Å². The Bertz CT molecular complexity index is 718. The molecule has 0 heterocycles. The van der Waals surface area contributed by atoms with Crippen LogP contribution in [0.3, 0.4) is 0 Å². The minimum absolute atomic E-state index is 0.253. The zero-order valence-electron chi connectivity index (χ0n) is 14.8. The smallest absolute Gasteiger partial charge is 0.143 e. The molecule has 2 heteroatoms. The van der Waals surface area contributed by atoms with Gasteiger partial charge in [-0.1, -0.05) is 91.0 Å². The Morgan fingerprint density at radius 1 is 0.692 bits per heavy atom. The van der Waals surface area contributed by atoms with E-state index in [1.54, 1.807) is 0 Å². The summed E-state index contributed by atoms with van der Waals surface area (Å²) in [6.45, 7) is 0.896. The number of benzene rings is 3. The Kier molecular flexibility index (Phi) is 4.87. The highest BCUT2D eigenvalue weighted by Gasteiger charge is 2.42. The number of aliphatic hydroxyl groups excluding tert-OH is 1. The first-order chi connectivity index (χ1) is 12.8. The van der Waals surface area contributed by atoms with Crippen LogP contribution >= 0.6 is 0 Å². The van der Waals surface area contributed by atoms with Crippen LogP contribution in [-0.4, -0.2) is 18.3 Å². The van der Waals surface area contributed by atoms with Gasteiger partial charge in [-0.15, -0.1) is 0 Å². The maximum atomic E-state index is 9.40. The van der Waals surface area contributed by atoms with Crippen LogP contribution in [0.5, 0.6) is 0 Å². The van der Waals surface area contributed by atoms with Crippen molar-refractivity contribution in [1.29, 1.82) is 0 Å². The second-order valence-corrected chi connectivity index (χ2v) is 7.03. The van der Waals surface area contributed by atoms with Crippen molar-refractivity contribution >= 4 is 0 Å². The summed E-state index contributed by atoms with van der Waals surface area (Å²) in [5, 5.41) is 9.40. The van der Waals surface area contributed by atoms with Crippen molar-refractivity contribution in [2.75, 3.05) is 13.2 Å². The van der Waals surface area contributed by atoms with E-state index in [0.29, 0.717) is 18.4 Å². The van der Waals surface area contributed by atoms with Crippen molar-refractivity contribution < 1.29 is 9.84 Å². The van der Waals surface area contributed by atoms with E-state index in [4.69, 9.17) is 4.74 Å². The molecule has 0 radical (unpaired) electrons. The highest BCUT2D eigenvalue weighted by atomic mass is 16.5. The molecule has 132 valence electrons. The van der Waals surface area contributed by atoms with E-state index in [1.807, 2.05) is 18.2 Å². The fourth-order valence-corrected chi connectivity index (χ4v) is 3.74. The molecule has 3 aromatic rings. The molecule has 1 N–H and O–H groups in total. The minimum Gasteiger partial charge on any atom is -0.396 e. The van der Waals surface area contributed by atoms with Crippen LogP contribution in [0.2, 0.25) is 0 Å². The fraction of sp³-hybridized carbons (Fsp3) is 0.250. The molecule has 0 bridgehead atoms. The summed E-state index contributed by atoms with van der Waals surface area (Å²) in [6, 6.07) is 31.3. The molecule has 0 saturated heterocycles. The molecule has 26 heavy (non-hydrogen) atoms. The monoisotopic (exact) mass is 344 g/mol. The summed E-state index contributed by atoms with van der Waals surface area (Å²) in [4.78, 5) is 0. The van der Waals surface area contributed by atoms with E-state index < -0.39 is 5.60 Å². The molecule has 0 unspecified atom stereocenters. The van der Waals surface area contributed by atoms with Crippen molar-refractivity contribution in [3.8, 4) is 0 Å². The third-order valence-electron chi connectivity index (χ3n) is 5.36. The Morgan fingerprint density at radius 2 is 1.12 bits per heavy atom. The lowest BCUT2D eigenvalue weighted by Gasteiger charge is -2.36. The predicted octanol–water partition coefficient (Wildman–Crippen LogP) is 4.62. The van der Waals surface area contributed by atoms with Gasteiger partial charge in [0.2, 0.25) is 0 Å². The van der Waals surface area contributed by atoms with Gasteiger partial charge in [0, 0.05) is 6.61 Å². The lowest BCUT2D eigenvalue weighted by molar-refractivity contribution is 0.00321. The molecule has 1 saturated carbocycles. The molecule has 2 nitrogen and oxygen atoms in total. The second kappa shape index (κ2) is 7.45. The van der Waals surface area contributed by atoms with Gasteiger partial charge in [0.05, 0.1) is 6.61 Å². The molecule has 3 aromatic carbocycles. The van der Waals surface area contributed by atoms with Crippen LogP contribution in [-0.2, 0) is 10.3 Å². The Morgan fingerprint density at radius 3 is 1.46 bits per heavy atom. The quantitative estimate of drug-likeness (QED) is 0.634. The fourth-order valence-electron chi connectivity index (χ4n) is 3.74. The van der Waals surface area contributed by atoms with Crippen LogP contribution in [0.4, 0.5) is 0 Å². The Hall–Kier alpha value is -2.42. The van der Waals surface area contributed by atoms with Crippen molar-refractivity contribution in [1.82, 2.24) is 0 Å². The zero-order valence-corrected chi connectivity index (χ0v) is 14.8. The first-order valence-electron chi connectivity index (χ1n) is 9.26. The van der Waals surface area contributed by atoms with Crippen molar-refractivity contribution in [2.45, 2.75) is 12.0 Å². The molecule has 0 spiro atoms. The highest BCUT2D eigenvalue weighted by Crippen LogP contribution is 2.44. The maximum Gasteiger partial charge on any atom is 0.143 e. The van der Waals surface area contributed by atoms with Gasteiger partial charge in [-0.05, 0) is 34.9 Å². The molecule has 1 aliphatic rings. The number of ether oxygens (including phenoxy) is 1. The lowest BCUT2D eigenvalue weighted by Crippen LogP contribution is -2.33. The van der Waals surface area contributed by atoms with Gasteiger partial charge < -0.3 is 9.84 Å². The summed E-state index contributed by atoms with van der Waals surface area (Å²) in [7, 11) is 0. The summed E-state index contributed by atoms with van der Waals surface area (Å²) < 4.78 is 6.73. The molecule has 0 aromatic heterocycles. The van der Waals surface area contributed by atoms with Crippen LogP contribution in [0.25, 0.3) is 0 Å². The zero-order chi connectivity index (χ0) is 17.8. The number of hydrogen-bond donors (Lipinski definition) is 1. The van der Waals surface area contributed by atoms with Gasteiger partial charge in [-0.3, -0.25) is 0 Å². The molecule has 1 aliphatic carbocycles. The predicted molar refractivity (Wildman–Crippen MR) is 104 cm³/mol. The third-order valence-corrected chi connectivity index (χ3v) is 5.36. The lowest BCUT2D eigenvalue weighted by atomic mass is 9.80. The average Bonchev–Trinajstić information content (AvgIpc) is 3.50. The van der Waals surface area contributed by atoms with Crippen molar-refractivity contribution in [2.24, 2.45) is 11.8 Å². The van der Waals surface area contributed by atoms with E-state index >= 15 is 0 Å². The molecule has 1 fully saturated rings. The summed E-state index contributed by atoms with van der Waals surface area (Å²) in [5.74, 6) is 0.825. The van der Waals surface area contributed by atoms with Gasteiger partial charge in [0.15, 0.2) is 0 Å². The number of aliphatic hydroxyl groups is 1. The first-order valence-corrected chi connectivity index (χ1v) is 9.26. The van der Waals surface area contributed by atoms with Gasteiger partial charge >= 0.3 is 0 Å². The van der Waals surface area contributed by atoms with Gasteiger partial charge in [-0.2, -0.15) is 0 Å². The molecule has 4 rings (SSSR count). The first kappa shape index (κ1) is 17.0. The topological polar surface area (TPSA) is 29.5 Å². The normalized spacial score (nSPS) is 19.3. The van der Waals surface area contributed by atoms with Crippen LogP contribution < -0.4 is 0 Å². The van der Waals surface area contributed by atoms with Crippen LogP contribution in [0, 0.1) is 11.8 Å². The third kappa shape index (κ3) is 3.18. The molecular formula is C24H24O2. The molecular weight excluding hydrogens is 320 g/mol. The van der Waals surface area contributed by atoms with Gasteiger partial charge in [-0.25, -0.2) is 0 Å². The average molecular weight is 344 g/mol. The van der Waals surface area contributed by atoms with Crippen LogP contribution in [0.15, 0.2) is 91.0 Å². The van der Waals surface area contributed by atoms with Crippen molar-refractivity contribution in [3.63, 3.8) is 0 Å². The minimum atomic E-state index is -0.646. The van der Waals surface area contributed by atoms with Gasteiger partial charge in [0.1, 0.15) is 5.60 Å². The maximum absolute atomic E-state index is 9.40. The van der Waals surface area contributed by atoms with Crippen molar-refractivity contribution in [3.05, 3.63) is 108 Å². The second-order valence-electron chi connectivity index (χ2n) is 7.03. The van der Waals surface area contributed by atoms with E-state index in [-0.39, 0.29) is 6.61 Å². The Balaban J connectivity index is 1.83. The number of rotatable bonds is 7. The van der Waals surface area contributed by atoms with E-state index in [0.717, 1.165) is 23.1 Å². The molecule has 0 amide bonds. The molecule has 0 aliphatic heterocycles. The standard InChI is InChI=1S/C24H24O2/c25-17-19-16-20(19)18-26-24(21-10-4-1-5-11-21,22-12-6-2-7-13-22)23-14-8-3-9-15-23/h1-15,19-20,25H,16-18H2/t19-,20-/m0/s1. The summed E-state index contributed by atoms with van der Waals surface area (Å²) >= 11 is 0. The number of hydrogen-bond acceptors (Lipinski definition) is 2. The molecule has 2 atom stereocenters. The van der Waals surface area contributed by atoms with E-state index in [2.05, 4.69) is 72.8 Å². The SMILES string of the molecule is OC[C@@H]1C[C@H]1COC(c1ccccc1)(c1ccccc1)c1ccccc1. The van der Waals surface area contributed by atoms with Crippen LogP contribution in [0.1, 0.15) is 23.1 Å². The van der Waals surface area contributed by atoms with E-state index in [9.17, 15) is 5.11 Å². The Labute approximate surface area is 155 Å². The summed E-state index contributed by atoms with van der Waals surface area (Å²) in [5.41, 5.74) is 2.72. The van der Waals surface area contributed by atoms with Gasteiger partial charge in [0.25, 0.3) is 0 Å².